The molecule has 0 unspecified atom stereocenters. The van der Waals surface area contributed by atoms with Gasteiger partial charge in [0.15, 0.2) is 6.29 Å². The first-order valence-electron chi connectivity index (χ1n) is 9.70. The third kappa shape index (κ3) is 14.3. The van der Waals surface area contributed by atoms with Crippen LogP contribution in [0.1, 0.15) is 64.7 Å². The van der Waals surface area contributed by atoms with Crippen LogP contribution >= 0.6 is 0 Å². The number of aliphatic hydroxyl groups is 2. The lowest BCUT2D eigenvalue weighted by Gasteiger charge is -2.22. The summed E-state index contributed by atoms with van der Waals surface area (Å²) >= 11 is 0. The lowest BCUT2D eigenvalue weighted by molar-refractivity contribution is -0.145. The lowest BCUT2D eigenvalue weighted by Crippen LogP contribution is -2.52. The average Bonchev–Trinajstić information content (AvgIpc) is 2.64. The van der Waals surface area contributed by atoms with Crippen LogP contribution in [0.3, 0.4) is 0 Å². The fourth-order valence-corrected chi connectivity index (χ4v) is 2.43. The van der Waals surface area contributed by atoms with Crippen LogP contribution in [0.2, 0.25) is 0 Å². The number of carbonyl (C=O) groups excluding carboxylic acids is 2. The van der Waals surface area contributed by atoms with Crippen LogP contribution in [0.25, 0.3) is 0 Å². The molecule has 0 aromatic carbocycles. The van der Waals surface area contributed by atoms with Gasteiger partial charge in [-0.1, -0.05) is 32.6 Å². The number of hydrogen-bond donors (Lipinski definition) is 6. The highest BCUT2D eigenvalue weighted by molar-refractivity contribution is 5.83. The van der Waals surface area contributed by atoms with Crippen LogP contribution in [-0.2, 0) is 19.1 Å². The Kier molecular flexibility index (Phi) is 14.2. The molecule has 0 radical (unpaired) electrons. The van der Waals surface area contributed by atoms with Gasteiger partial charge in [0.05, 0.1) is 12.6 Å². The highest BCUT2D eigenvalue weighted by atomic mass is 16.5. The summed E-state index contributed by atoms with van der Waals surface area (Å²) in [6.45, 7) is 2.37. The van der Waals surface area contributed by atoms with Crippen LogP contribution in [0.5, 0.6) is 0 Å². The van der Waals surface area contributed by atoms with Crippen LogP contribution < -0.4 is 10.6 Å². The summed E-state index contributed by atoms with van der Waals surface area (Å²) in [6, 6.07) is -3.72. The molecule has 11 heteroatoms. The Morgan fingerprint density at radius 3 is 2.10 bits per heavy atom. The molecule has 0 aromatic heterocycles. The van der Waals surface area contributed by atoms with Crippen molar-refractivity contribution in [2.45, 2.75) is 83.1 Å². The van der Waals surface area contributed by atoms with Gasteiger partial charge in [0.25, 0.3) is 0 Å². The standard InChI is InChI=1S/C18H32N2O9/c1-2-3-4-5-6-11-29-15(23)10-8-13(17(26)27)20-18(28)19-12(16(24)25)7-9-14(21)22/h12-13,17,26-27H,2-11H2,1H3,(H,21,22)(H,24,25)(H2,19,20,28)/t12-,13-/m0/s1. The fourth-order valence-electron chi connectivity index (χ4n) is 2.43. The van der Waals surface area contributed by atoms with Gasteiger partial charge in [0, 0.05) is 12.8 Å². The maximum Gasteiger partial charge on any atom is 0.326 e. The zero-order chi connectivity index (χ0) is 22.2. The van der Waals surface area contributed by atoms with Crippen LogP contribution in [0.4, 0.5) is 4.79 Å². The number of esters is 1. The topological polar surface area (TPSA) is 182 Å². The summed E-state index contributed by atoms with van der Waals surface area (Å²) in [5, 5.41) is 40.5. The summed E-state index contributed by atoms with van der Waals surface area (Å²) in [6.07, 6.45) is 1.90. The van der Waals surface area contributed by atoms with E-state index in [4.69, 9.17) is 14.9 Å². The first-order valence-corrected chi connectivity index (χ1v) is 9.70. The molecule has 0 bridgehead atoms. The molecular formula is C18H32N2O9. The Morgan fingerprint density at radius 1 is 0.897 bits per heavy atom. The van der Waals surface area contributed by atoms with Crippen LogP contribution in [0, 0.1) is 0 Å². The highest BCUT2D eigenvalue weighted by Gasteiger charge is 2.25. The van der Waals surface area contributed by atoms with Gasteiger partial charge >= 0.3 is 23.9 Å². The van der Waals surface area contributed by atoms with E-state index in [-0.39, 0.29) is 25.9 Å². The molecule has 2 atom stereocenters. The first-order chi connectivity index (χ1) is 13.7. The van der Waals surface area contributed by atoms with E-state index in [1.165, 1.54) is 0 Å². The largest absolute Gasteiger partial charge is 0.481 e. The minimum atomic E-state index is -1.98. The monoisotopic (exact) mass is 420 g/mol. The predicted molar refractivity (Wildman–Crippen MR) is 101 cm³/mol. The summed E-state index contributed by atoms with van der Waals surface area (Å²) in [5.41, 5.74) is 0. The second-order valence-electron chi connectivity index (χ2n) is 6.63. The molecule has 168 valence electrons. The molecule has 0 saturated carbocycles. The SMILES string of the molecule is CCCCCCCOC(=O)CC[C@H](NC(=O)N[C@@H](CCC(=O)O)C(=O)O)C(O)O. The average molecular weight is 420 g/mol. The molecule has 0 heterocycles. The van der Waals surface area contributed by atoms with E-state index >= 15 is 0 Å². The van der Waals surface area contributed by atoms with Gasteiger partial charge in [0.2, 0.25) is 0 Å². The number of carboxylic acids is 2. The number of rotatable bonds is 16. The van der Waals surface area contributed by atoms with Crippen LogP contribution in [-0.4, -0.2) is 69.3 Å². The second-order valence-corrected chi connectivity index (χ2v) is 6.63. The van der Waals surface area contributed by atoms with Gasteiger partial charge in [0.1, 0.15) is 6.04 Å². The number of hydrogen-bond acceptors (Lipinski definition) is 7. The maximum atomic E-state index is 11.9. The Labute approximate surface area is 169 Å². The number of urea groups is 1. The number of nitrogens with one attached hydrogen (secondary N) is 2. The fraction of sp³-hybridized carbons (Fsp3) is 0.778. The zero-order valence-electron chi connectivity index (χ0n) is 16.6. The summed E-state index contributed by atoms with van der Waals surface area (Å²) in [4.78, 5) is 45.2. The Morgan fingerprint density at radius 2 is 1.55 bits per heavy atom. The van der Waals surface area contributed by atoms with Crippen molar-refractivity contribution in [2.24, 2.45) is 0 Å². The number of ether oxygens (including phenoxy) is 1. The molecule has 0 spiro atoms. The molecule has 29 heavy (non-hydrogen) atoms. The third-order valence-corrected chi connectivity index (χ3v) is 4.10. The van der Waals surface area contributed by atoms with Gasteiger partial charge < -0.3 is 35.8 Å². The molecular weight excluding hydrogens is 388 g/mol. The van der Waals surface area contributed by atoms with Crippen molar-refractivity contribution >= 4 is 23.9 Å². The van der Waals surface area contributed by atoms with Crippen molar-refractivity contribution in [1.29, 1.82) is 0 Å². The maximum absolute atomic E-state index is 11.9. The summed E-state index contributed by atoms with van der Waals surface area (Å²) in [7, 11) is 0. The molecule has 0 aromatic rings. The van der Waals surface area contributed by atoms with Gasteiger partial charge in [-0.15, -0.1) is 0 Å². The normalized spacial score (nSPS) is 12.8. The highest BCUT2D eigenvalue weighted by Crippen LogP contribution is 2.06. The van der Waals surface area contributed by atoms with Gasteiger partial charge in [-0.05, 0) is 19.3 Å². The number of carboxylic acid groups (broad SMARTS) is 2. The molecule has 0 saturated heterocycles. The quantitative estimate of drug-likeness (QED) is 0.118. The van der Waals surface area contributed by atoms with E-state index in [2.05, 4.69) is 17.6 Å². The van der Waals surface area contributed by atoms with E-state index < -0.39 is 48.7 Å². The van der Waals surface area contributed by atoms with E-state index in [0.717, 1.165) is 32.1 Å². The smallest absolute Gasteiger partial charge is 0.326 e. The number of unbranched alkanes of at least 4 members (excludes halogenated alkanes) is 4. The van der Waals surface area contributed by atoms with Crippen molar-refractivity contribution in [3.63, 3.8) is 0 Å². The molecule has 11 nitrogen and oxygen atoms in total. The molecule has 0 fully saturated rings. The number of aliphatic carboxylic acids is 2. The van der Waals surface area contributed by atoms with E-state index in [0.29, 0.717) is 0 Å². The lowest BCUT2D eigenvalue weighted by atomic mass is 10.1. The van der Waals surface area contributed by atoms with E-state index in [1.54, 1.807) is 0 Å². The molecule has 2 amide bonds. The van der Waals surface area contributed by atoms with Crippen molar-refractivity contribution < 1.29 is 44.3 Å². The van der Waals surface area contributed by atoms with Gasteiger partial charge in [-0.2, -0.15) is 0 Å². The third-order valence-electron chi connectivity index (χ3n) is 4.10. The van der Waals surface area contributed by atoms with Crippen LogP contribution in [0.15, 0.2) is 0 Å². The Balaban J connectivity index is 4.34. The minimum Gasteiger partial charge on any atom is -0.481 e. The Hall–Kier alpha value is -2.40. The number of aliphatic hydroxyl groups excluding tert-OH is 1. The van der Waals surface area contributed by atoms with Crippen molar-refractivity contribution in [2.75, 3.05) is 6.61 Å². The number of amides is 2. The van der Waals surface area contributed by atoms with Gasteiger partial charge in [-0.3, -0.25) is 9.59 Å². The van der Waals surface area contributed by atoms with E-state index in [1.807, 2.05) is 0 Å². The summed E-state index contributed by atoms with van der Waals surface area (Å²) < 4.78 is 5.04. The molecule has 0 aliphatic carbocycles. The summed E-state index contributed by atoms with van der Waals surface area (Å²) in [5.74, 6) is -3.19. The molecule has 0 rings (SSSR count). The molecule has 0 aliphatic rings. The van der Waals surface area contributed by atoms with Crippen molar-refractivity contribution in [1.82, 2.24) is 10.6 Å². The first kappa shape index (κ1) is 26.6. The van der Waals surface area contributed by atoms with Crippen molar-refractivity contribution in [3.05, 3.63) is 0 Å². The molecule has 6 N–H and O–H groups in total. The van der Waals surface area contributed by atoms with Crippen molar-refractivity contribution in [3.8, 4) is 0 Å². The Bertz CT molecular complexity index is 525. The number of carbonyl (C=O) groups is 4. The van der Waals surface area contributed by atoms with E-state index in [9.17, 15) is 29.4 Å². The predicted octanol–water partition coefficient (Wildman–Crippen LogP) is 0.577. The zero-order valence-corrected chi connectivity index (χ0v) is 16.6. The minimum absolute atomic E-state index is 0.132. The van der Waals surface area contributed by atoms with Gasteiger partial charge in [-0.25, -0.2) is 9.59 Å². The molecule has 0 aliphatic heterocycles. The second kappa shape index (κ2) is 15.5.